The van der Waals surface area contributed by atoms with Crippen molar-refractivity contribution in [3.05, 3.63) is 35.4 Å². The molecular formula is C16H19NO. The lowest BCUT2D eigenvalue weighted by molar-refractivity contribution is -0.0298. The summed E-state index contributed by atoms with van der Waals surface area (Å²) < 4.78 is 5.21. The molecule has 1 saturated heterocycles. The molecule has 2 nitrogen and oxygen atoms in total. The Morgan fingerprint density at radius 1 is 1.06 bits per heavy atom. The molecule has 0 amide bonds. The fourth-order valence-corrected chi connectivity index (χ4v) is 3.11. The van der Waals surface area contributed by atoms with E-state index in [0.717, 1.165) is 11.5 Å². The average molecular weight is 241 g/mol. The first-order valence-corrected chi connectivity index (χ1v) is 6.93. The number of benzene rings is 1. The van der Waals surface area contributed by atoms with E-state index in [0.29, 0.717) is 13.2 Å². The minimum atomic E-state index is -0.370. The number of hydrogen-bond donors (Lipinski definition) is 0. The Labute approximate surface area is 109 Å². The van der Waals surface area contributed by atoms with Gasteiger partial charge < -0.3 is 4.74 Å². The third kappa shape index (κ3) is 1.93. The van der Waals surface area contributed by atoms with Gasteiger partial charge in [0, 0.05) is 0 Å². The van der Waals surface area contributed by atoms with Crippen LogP contribution in [0.2, 0.25) is 0 Å². The lowest BCUT2D eigenvalue weighted by Crippen LogP contribution is -2.45. The zero-order chi connectivity index (χ0) is 12.4. The summed E-state index contributed by atoms with van der Waals surface area (Å²) >= 11 is 0. The molecule has 0 unspecified atom stereocenters. The van der Waals surface area contributed by atoms with Crippen molar-refractivity contribution in [1.82, 2.24) is 0 Å². The van der Waals surface area contributed by atoms with Crippen LogP contribution in [0.1, 0.15) is 49.1 Å². The van der Waals surface area contributed by atoms with E-state index < -0.39 is 0 Å². The predicted octanol–water partition coefficient (Wildman–Crippen LogP) is 3.53. The monoisotopic (exact) mass is 241 g/mol. The Bertz CT molecular complexity index is 447. The van der Waals surface area contributed by atoms with E-state index in [1.54, 1.807) is 0 Å². The molecule has 0 atom stereocenters. The van der Waals surface area contributed by atoms with Gasteiger partial charge >= 0.3 is 0 Å². The first kappa shape index (κ1) is 11.7. The molecule has 1 aliphatic carbocycles. The molecule has 0 bridgehead atoms. The van der Waals surface area contributed by atoms with E-state index in [1.165, 1.54) is 37.7 Å². The quantitative estimate of drug-likeness (QED) is 0.793. The molecule has 0 spiro atoms. The van der Waals surface area contributed by atoms with Gasteiger partial charge in [-0.1, -0.05) is 43.5 Å². The van der Waals surface area contributed by atoms with Gasteiger partial charge in [0.2, 0.25) is 0 Å². The van der Waals surface area contributed by atoms with E-state index in [-0.39, 0.29) is 5.41 Å². The summed E-state index contributed by atoms with van der Waals surface area (Å²) in [6.07, 6.45) is 6.77. The lowest BCUT2D eigenvalue weighted by Gasteiger charge is -2.35. The molecule has 2 heteroatoms. The number of nitrogens with zero attached hydrogens (tertiary/aromatic N) is 1. The first-order chi connectivity index (χ1) is 8.84. The van der Waals surface area contributed by atoms with E-state index in [4.69, 9.17) is 4.74 Å². The van der Waals surface area contributed by atoms with Gasteiger partial charge in [0.15, 0.2) is 0 Å². The molecular weight excluding hydrogens is 222 g/mol. The Kier molecular flexibility index (Phi) is 3.09. The van der Waals surface area contributed by atoms with E-state index >= 15 is 0 Å². The van der Waals surface area contributed by atoms with Gasteiger partial charge in [0.05, 0.1) is 19.3 Å². The standard InChI is InChI=1S/C16H19NO/c17-10-16(11-18-12-16)15-8-6-14(7-9-15)13-4-2-1-3-5-13/h6-9,13H,1-5,11-12H2. The van der Waals surface area contributed by atoms with Crippen LogP contribution in [0, 0.1) is 11.3 Å². The largest absolute Gasteiger partial charge is 0.377 e. The van der Waals surface area contributed by atoms with Gasteiger partial charge in [-0.05, 0) is 29.9 Å². The molecule has 1 heterocycles. The van der Waals surface area contributed by atoms with Gasteiger partial charge in [0.25, 0.3) is 0 Å². The highest BCUT2D eigenvalue weighted by molar-refractivity contribution is 5.37. The second-order valence-electron chi connectivity index (χ2n) is 5.64. The summed E-state index contributed by atoms with van der Waals surface area (Å²) in [4.78, 5) is 0. The lowest BCUT2D eigenvalue weighted by atomic mass is 9.78. The summed E-state index contributed by atoms with van der Waals surface area (Å²) in [5.41, 5.74) is 2.20. The number of nitriles is 1. The van der Waals surface area contributed by atoms with Crippen LogP contribution in [0.3, 0.4) is 0 Å². The minimum absolute atomic E-state index is 0.370. The van der Waals surface area contributed by atoms with Gasteiger partial charge in [0.1, 0.15) is 5.41 Å². The first-order valence-electron chi connectivity index (χ1n) is 6.93. The second kappa shape index (κ2) is 4.74. The molecule has 1 aromatic carbocycles. The highest BCUT2D eigenvalue weighted by Crippen LogP contribution is 2.35. The van der Waals surface area contributed by atoms with Crippen LogP contribution in [-0.2, 0) is 10.2 Å². The highest BCUT2D eigenvalue weighted by Gasteiger charge is 2.40. The topological polar surface area (TPSA) is 33.0 Å². The van der Waals surface area contributed by atoms with Crippen molar-refractivity contribution in [2.24, 2.45) is 0 Å². The fourth-order valence-electron chi connectivity index (χ4n) is 3.11. The molecule has 1 saturated carbocycles. The molecule has 0 N–H and O–H groups in total. The summed E-state index contributed by atoms with van der Waals surface area (Å²) in [7, 11) is 0. The normalized spacial score (nSPS) is 23.1. The molecule has 2 fully saturated rings. The molecule has 94 valence electrons. The van der Waals surface area contributed by atoms with Crippen molar-refractivity contribution in [1.29, 1.82) is 5.26 Å². The van der Waals surface area contributed by atoms with Crippen molar-refractivity contribution < 1.29 is 4.74 Å². The Hall–Kier alpha value is -1.33. The summed E-state index contributed by atoms with van der Waals surface area (Å²) in [6, 6.07) is 11.1. The molecule has 0 aromatic heterocycles. The SMILES string of the molecule is N#CC1(c2ccc(C3CCCCC3)cc2)COC1. The van der Waals surface area contributed by atoms with Crippen LogP contribution in [0.5, 0.6) is 0 Å². The van der Waals surface area contributed by atoms with Gasteiger partial charge in [-0.15, -0.1) is 0 Å². The van der Waals surface area contributed by atoms with Crippen molar-refractivity contribution >= 4 is 0 Å². The zero-order valence-electron chi connectivity index (χ0n) is 10.7. The molecule has 3 rings (SSSR count). The molecule has 18 heavy (non-hydrogen) atoms. The molecule has 1 aliphatic heterocycles. The van der Waals surface area contributed by atoms with Crippen LogP contribution < -0.4 is 0 Å². The van der Waals surface area contributed by atoms with Crippen LogP contribution >= 0.6 is 0 Å². The fraction of sp³-hybridized carbons (Fsp3) is 0.562. The van der Waals surface area contributed by atoms with E-state index in [9.17, 15) is 5.26 Å². The van der Waals surface area contributed by atoms with E-state index in [2.05, 4.69) is 30.3 Å². The number of hydrogen-bond acceptors (Lipinski definition) is 2. The van der Waals surface area contributed by atoms with Crippen LogP contribution in [-0.4, -0.2) is 13.2 Å². The van der Waals surface area contributed by atoms with Crippen molar-refractivity contribution in [2.75, 3.05) is 13.2 Å². The molecule has 1 aromatic rings. The van der Waals surface area contributed by atoms with Crippen molar-refractivity contribution in [2.45, 2.75) is 43.4 Å². The maximum atomic E-state index is 9.28. The van der Waals surface area contributed by atoms with E-state index in [1.807, 2.05) is 0 Å². The Balaban J connectivity index is 1.78. The van der Waals surface area contributed by atoms with Crippen LogP contribution in [0.25, 0.3) is 0 Å². The number of ether oxygens (including phenoxy) is 1. The Morgan fingerprint density at radius 2 is 1.72 bits per heavy atom. The highest BCUT2D eigenvalue weighted by atomic mass is 16.5. The maximum Gasteiger partial charge on any atom is 0.129 e. The number of rotatable bonds is 2. The van der Waals surface area contributed by atoms with Gasteiger partial charge in [-0.25, -0.2) is 0 Å². The predicted molar refractivity (Wildman–Crippen MR) is 70.4 cm³/mol. The van der Waals surface area contributed by atoms with Gasteiger partial charge in [-0.3, -0.25) is 0 Å². The van der Waals surface area contributed by atoms with Crippen molar-refractivity contribution in [3.63, 3.8) is 0 Å². The minimum Gasteiger partial charge on any atom is -0.377 e. The average Bonchev–Trinajstić information content (AvgIpc) is 2.40. The molecule has 0 radical (unpaired) electrons. The smallest absolute Gasteiger partial charge is 0.129 e. The van der Waals surface area contributed by atoms with Crippen molar-refractivity contribution in [3.8, 4) is 6.07 Å². The third-order valence-corrected chi connectivity index (χ3v) is 4.45. The van der Waals surface area contributed by atoms with Crippen LogP contribution in [0.15, 0.2) is 24.3 Å². The Morgan fingerprint density at radius 3 is 2.22 bits per heavy atom. The molecule has 2 aliphatic rings. The second-order valence-corrected chi connectivity index (χ2v) is 5.64. The zero-order valence-corrected chi connectivity index (χ0v) is 10.7. The van der Waals surface area contributed by atoms with Crippen LogP contribution in [0.4, 0.5) is 0 Å². The summed E-state index contributed by atoms with van der Waals surface area (Å²) in [6.45, 7) is 1.10. The maximum absolute atomic E-state index is 9.28. The summed E-state index contributed by atoms with van der Waals surface area (Å²) in [5.74, 6) is 0.739. The third-order valence-electron chi connectivity index (χ3n) is 4.45. The summed E-state index contributed by atoms with van der Waals surface area (Å²) in [5, 5.41) is 9.28. The van der Waals surface area contributed by atoms with Gasteiger partial charge in [-0.2, -0.15) is 5.26 Å².